The number of nitrogens with two attached hydrogens (primary N) is 1. The van der Waals surface area contributed by atoms with Crippen molar-refractivity contribution in [1.29, 1.82) is 5.41 Å². The van der Waals surface area contributed by atoms with Crippen LogP contribution in [0.4, 0.5) is 5.69 Å². The second-order valence-electron chi connectivity index (χ2n) is 8.11. The van der Waals surface area contributed by atoms with E-state index in [0.717, 1.165) is 22.9 Å². The van der Waals surface area contributed by atoms with Gasteiger partial charge in [-0.15, -0.1) is 0 Å². The zero-order chi connectivity index (χ0) is 22.5. The van der Waals surface area contributed by atoms with Crippen LogP contribution in [0.3, 0.4) is 0 Å². The number of nitrogens with one attached hydrogen (secondary N) is 2. The fraction of sp³-hybridized carbons (Fsp3) is 0.280. The number of ketones is 1. The van der Waals surface area contributed by atoms with Crippen LogP contribution in [0.2, 0.25) is 0 Å². The van der Waals surface area contributed by atoms with Crippen molar-refractivity contribution in [2.24, 2.45) is 5.92 Å². The summed E-state index contributed by atoms with van der Waals surface area (Å²) >= 11 is 0. The molecular formula is C25H28N4O2. The molecule has 1 aromatic heterocycles. The maximum Gasteiger partial charge on any atom is 0.221 e. The van der Waals surface area contributed by atoms with Gasteiger partial charge in [0.05, 0.1) is 30.0 Å². The molecular weight excluding hydrogens is 388 g/mol. The normalized spacial score (nSPS) is 16.0. The van der Waals surface area contributed by atoms with Crippen LogP contribution in [0.25, 0.3) is 5.57 Å². The van der Waals surface area contributed by atoms with E-state index in [4.69, 9.17) is 11.1 Å². The number of hydrogen-bond donors (Lipinski definition) is 3. The van der Waals surface area contributed by atoms with Crippen molar-refractivity contribution in [3.8, 4) is 0 Å². The van der Waals surface area contributed by atoms with E-state index in [2.05, 4.69) is 30.2 Å². The topological polar surface area (TPSA) is 109 Å². The van der Waals surface area contributed by atoms with Gasteiger partial charge in [0.15, 0.2) is 5.78 Å². The lowest BCUT2D eigenvalue weighted by Crippen LogP contribution is -2.29. The SMILES string of the molecule is CC1=CC(c2ccccc2C(C)C)=CC(=O)C1CC(=O)NCc1cc(C=N)c(N)cn1. The first-order valence-electron chi connectivity index (χ1n) is 10.3. The Balaban J connectivity index is 1.68. The third kappa shape index (κ3) is 5.15. The van der Waals surface area contributed by atoms with Crippen LogP contribution in [0.15, 0.2) is 54.3 Å². The third-order valence-corrected chi connectivity index (χ3v) is 5.50. The molecule has 2 aromatic rings. The lowest BCUT2D eigenvalue weighted by Gasteiger charge is -2.22. The second-order valence-corrected chi connectivity index (χ2v) is 8.11. The monoisotopic (exact) mass is 416 g/mol. The van der Waals surface area contributed by atoms with E-state index in [0.29, 0.717) is 22.9 Å². The summed E-state index contributed by atoms with van der Waals surface area (Å²) in [6, 6.07) is 9.77. The predicted octanol–water partition coefficient (Wildman–Crippen LogP) is 4.02. The summed E-state index contributed by atoms with van der Waals surface area (Å²) in [5.41, 5.74) is 11.4. The van der Waals surface area contributed by atoms with Crippen molar-refractivity contribution in [2.75, 3.05) is 5.73 Å². The lowest BCUT2D eigenvalue weighted by molar-refractivity contribution is -0.126. The van der Waals surface area contributed by atoms with Crippen LogP contribution in [0.1, 0.15) is 55.5 Å². The van der Waals surface area contributed by atoms with Crippen LogP contribution in [0.5, 0.6) is 0 Å². The highest BCUT2D eigenvalue weighted by atomic mass is 16.2. The number of allylic oxidation sites excluding steroid dienone is 4. The van der Waals surface area contributed by atoms with E-state index in [1.807, 2.05) is 31.2 Å². The van der Waals surface area contributed by atoms with Crippen molar-refractivity contribution < 1.29 is 9.59 Å². The smallest absolute Gasteiger partial charge is 0.221 e. The number of anilines is 1. The molecule has 1 aromatic carbocycles. The molecule has 6 heteroatoms. The van der Waals surface area contributed by atoms with E-state index in [-0.39, 0.29) is 24.7 Å². The molecule has 1 atom stereocenters. The van der Waals surface area contributed by atoms with Crippen LogP contribution in [-0.2, 0) is 16.1 Å². The maximum atomic E-state index is 12.9. The Morgan fingerprint density at radius 3 is 2.71 bits per heavy atom. The van der Waals surface area contributed by atoms with Gasteiger partial charge in [0.25, 0.3) is 0 Å². The largest absolute Gasteiger partial charge is 0.397 e. The number of nitrogen functional groups attached to an aromatic ring is 1. The first-order chi connectivity index (χ1) is 14.8. The zero-order valence-corrected chi connectivity index (χ0v) is 18.1. The summed E-state index contributed by atoms with van der Waals surface area (Å²) in [4.78, 5) is 29.5. The van der Waals surface area contributed by atoms with Crippen LogP contribution in [-0.4, -0.2) is 22.9 Å². The molecule has 4 N–H and O–H groups in total. The summed E-state index contributed by atoms with van der Waals surface area (Å²) in [5, 5.41) is 10.2. The van der Waals surface area contributed by atoms with Gasteiger partial charge >= 0.3 is 0 Å². The lowest BCUT2D eigenvalue weighted by atomic mass is 9.82. The highest BCUT2D eigenvalue weighted by Crippen LogP contribution is 2.32. The van der Waals surface area contributed by atoms with Gasteiger partial charge in [-0.3, -0.25) is 14.6 Å². The van der Waals surface area contributed by atoms with Crippen molar-refractivity contribution in [1.82, 2.24) is 10.3 Å². The number of rotatable bonds is 7. The third-order valence-electron chi connectivity index (χ3n) is 5.50. The maximum absolute atomic E-state index is 12.9. The van der Waals surface area contributed by atoms with Crippen LogP contribution in [0, 0.1) is 11.3 Å². The molecule has 0 aliphatic heterocycles. The molecule has 1 aliphatic carbocycles. The van der Waals surface area contributed by atoms with Crippen LogP contribution < -0.4 is 11.1 Å². The molecule has 0 fully saturated rings. The van der Waals surface area contributed by atoms with Gasteiger partial charge in [0, 0.05) is 18.2 Å². The molecule has 1 amide bonds. The Morgan fingerprint density at radius 1 is 1.29 bits per heavy atom. The minimum absolute atomic E-state index is 0.0552. The van der Waals surface area contributed by atoms with Crippen molar-refractivity contribution in [3.05, 3.63) is 76.6 Å². The molecule has 0 spiro atoms. The molecule has 31 heavy (non-hydrogen) atoms. The summed E-state index contributed by atoms with van der Waals surface area (Å²) in [5.74, 6) is -0.396. The van der Waals surface area contributed by atoms with Crippen molar-refractivity contribution in [2.45, 2.75) is 39.7 Å². The van der Waals surface area contributed by atoms with E-state index < -0.39 is 5.92 Å². The Kier molecular flexibility index (Phi) is 6.80. The average Bonchev–Trinajstić information content (AvgIpc) is 2.75. The molecule has 0 saturated heterocycles. The molecule has 3 rings (SSSR count). The molecule has 160 valence electrons. The summed E-state index contributed by atoms with van der Waals surface area (Å²) in [6.07, 6.45) is 6.38. The minimum atomic E-state index is -0.466. The second kappa shape index (κ2) is 9.51. The van der Waals surface area contributed by atoms with Gasteiger partial charge < -0.3 is 16.5 Å². The number of pyridine rings is 1. The number of amides is 1. The number of aromatic nitrogens is 1. The van der Waals surface area contributed by atoms with Gasteiger partial charge in [-0.2, -0.15) is 0 Å². The first-order valence-corrected chi connectivity index (χ1v) is 10.3. The van der Waals surface area contributed by atoms with Gasteiger partial charge in [-0.05, 0) is 41.7 Å². The van der Waals surface area contributed by atoms with E-state index in [9.17, 15) is 9.59 Å². The molecule has 1 unspecified atom stereocenters. The molecule has 0 bridgehead atoms. The van der Waals surface area contributed by atoms with Crippen molar-refractivity contribution >= 4 is 29.2 Å². The van der Waals surface area contributed by atoms with Gasteiger partial charge in [-0.1, -0.05) is 49.8 Å². The highest BCUT2D eigenvalue weighted by molar-refractivity contribution is 6.06. The van der Waals surface area contributed by atoms with Gasteiger partial charge in [-0.25, -0.2) is 0 Å². The van der Waals surface area contributed by atoms with E-state index in [1.54, 1.807) is 12.1 Å². The molecule has 1 aliphatic rings. The summed E-state index contributed by atoms with van der Waals surface area (Å²) < 4.78 is 0. The van der Waals surface area contributed by atoms with E-state index in [1.165, 1.54) is 11.8 Å². The molecule has 1 heterocycles. The minimum Gasteiger partial charge on any atom is -0.397 e. The van der Waals surface area contributed by atoms with Gasteiger partial charge in [0.2, 0.25) is 5.91 Å². The quantitative estimate of drug-likeness (QED) is 0.592. The average molecular weight is 417 g/mol. The number of carbonyl (C=O) groups is 2. The Bertz CT molecular complexity index is 1080. The molecule has 0 saturated carbocycles. The fourth-order valence-electron chi connectivity index (χ4n) is 3.74. The highest BCUT2D eigenvalue weighted by Gasteiger charge is 2.26. The van der Waals surface area contributed by atoms with Gasteiger partial charge in [0.1, 0.15) is 0 Å². The Morgan fingerprint density at radius 2 is 2.03 bits per heavy atom. The summed E-state index contributed by atoms with van der Waals surface area (Å²) in [6.45, 7) is 6.38. The fourth-order valence-corrected chi connectivity index (χ4v) is 3.74. The predicted molar refractivity (Wildman–Crippen MR) is 124 cm³/mol. The van der Waals surface area contributed by atoms with E-state index >= 15 is 0 Å². The summed E-state index contributed by atoms with van der Waals surface area (Å²) in [7, 11) is 0. The number of hydrogen-bond acceptors (Lipinski definition) is 5. The molecule has 0 radical (unpaired) electrons. The molecule has 6 nitrogen and oxygen atoms in total. The number of carbonyl (C=O) groups excluding carboxylic acids is 2. The number of benzene rings is 1. The first kappa shape index (κ1) is 22.2. The standard InChI is InChI=1S/C25H28N4O2/c1-15(2)20-6-4-5-7-21(20)17-8-16(3)22(24(30)10-17)11-25(31)29-13-19-9-18(12-26)23(27)14-28-19/h4-10,12,14-15,22,26H,11,13,27H2,1-3H3,(H,29,31). The number of nitrogens with zero attached hydrogens (tertiary/aromatic N) is 1. The Labute approximate surface area is 182 Å². The zero-order valence-electron chi connectivity index (χ0n) is 18.1. The van der Waals surface area contributed by atoms with Crippen molar-refractivity contribution in [3.63, 3.8) is 0 Å². The Hall–Kier alpha value is -3.54. The van der Waals surface area contributed by atoms with Crippen LogP contribution >= 0.6 is 0 Å².